The molecule has 0 fully saturated rings. The van der Waals surface area contributed by atoms with E-state index in [1.54, 1.807) is 24.3 Å². The summed E-state index contributed by atoms with van der Waals surface area (Å²) in [6.07, 6.45) is 0.967. The molecule has 5 heteroatoms. The number of carbonyl (C=O) groups is 2. The van der Waals surface area contributed by atoms with Gasteiger partial charge in [0.2, 0.25) is 5.91 Å². The summed E-state index contributed by atoms with van der Waals surface area (Å²) in [7, 11) is 0. The lowest BCUT2D eigenvalue weighted by Crippen LogP contribution is -2.33. The van der Waals surface area contributed by atoms with Crippen LogP contribution < -0.4 is 5.32 Å². The van der Waals surface area contributed by atoms with Crippen molar-refractivity contribution in [3.63, 3.8) is 0 Å². The topological polar surface area (TPSA) is 66.4 Å². The van der Waals surface area contributed by atoms with Crippen LogP contribution in [0.5, 0.6) is 0 Å². The van der Waals surface area contributed by atoms with E-state index in [0.717, 1.165) is 0 Å². The first-order valence-corrected chi connectivity index (χ1v) is 5.70. The normalized spacial score (nSPS) is 11.9. The number of benzene rings is 1. The average Bonchev–Trinajstić information content (AvgIpc) is 2.27. The summed E-state index contributed by atoms with van der Waals surface area (Å²) < 4.78 is 0. The first kappa shape index (κ1) is 13.5. The van der Waals surface area contributed by atoms with Crippen molar-refractivity contribution < 1.29 is 14.7 Å². The molecule has 4 nitrogen and oxygen atoms in total. The van der Waals surface area contributed by atoms with Gasteiger partial charge >= 0.3 is 5.97 Å². The molecule has 0 saturated heterocycles. The average molecular weight is 256 g/mol. The zero-order chi connectivity index (χ0) is 12.8. The molecule has 17 heavy (non-hydrogen) atoms. The van der Waals surface area contributed by atoms with Crippen LogP contribution >= 0.6 is 11.6 Å². The molecule has 0 radical (unpaired) electrons. The second kappa shape index (κ2) is 6.25. The van der Waals surface area contributed by atoms with Crippen LogP contribution in [0, 0.1) is 0 Å². The lowest BCUT2D eigenvalue weighted by atomic mass is 10.1. The van der Waals surface area contributed by atoms with Crippen molar-refractivity contribution in [1.29, 1.82) is 0 Å². The Labute approximate surface area is 105 Å². The van der Waals surface area contributed by atoms with Gasteiger partial charge in [0.15, 0.2) is 6.04 Å². The molecule has 0 saturated carbocycles. The molecule has 1 amide bonds. The molecule has 0 aromatic heterocycles. The van der Waals surface area contributed by atoms with E-state index in [2.05, 4.69) is 5.32 Å². The van der Waals surface area contributed by atoms with E-state index in [1.165, 1.54) is 0 Å². The molecule has 0 aliphatic heterocycles. The fraction of sp³-hybridized carbons (Fsp3) is 0.333. The summed E-state index contributed by atoms with van der Waals surface area (Å²) in [6.45, 7) is 1.85. The molecule has 92 valence electrons. The summed E-state index contributed by atoms with van der Waals surface area (Å²) in [5.41, 5.74) is 0.395. The standard InChI is InChI=1S/C12H14ClNO3/c1-2-5-10(15)14-11(12(16)17)8-6-3-4-7-9(8)13/h3-4,6-7,11H,2,5H2,1H3,(H,14,15)(H,16,17). The fourth-order valence-corrected chi connectivity index (χ4v) is 1.69. The van der Waals surface area contributed by atoms with E-state index in [-0.39, 0.29) is 5.91 Å². The van der Waals surface area contributed by atoms with E-state index in [4.69, 9.17) is 16.7 Å². The zero-order valence-electron chi connectivity index (χ0n) is 9.44. The van der Waals surface area contributed by atoms with Crippen molar-refractivity contribution in [2.75, 3.05) is 0 Å². The Morgan fingerprint density at radius 3 is 2.59 bits per heavy atom. The van der Waals surface area contributed by atoms with Gasteiger partial charge in [0, 0.05) is 17.0 Å². The Morgan fingerprint density at radius 1 is 1.41 bits per heavy atom. The Morgan fingerprint density at radius 2 is 2.06 bits per heavy atom. The first-order chi connectivity index (χ1) is 8.06. The molecular formula is C12H14ClNO3. The Balaban J connectivity index is 2.91. The molecule has 0 bridgehead atoms. The molecule has 0 spiro atoms. The first-order valence-electron chi connectivity index (χ1n) is 5.32. The summed E-state index contributed by atoms with van der Waals surface area (Å²) in [5.74, 6) is -1.41. The predicted molar refractivity (Wildman–Crippen MR) is 64.9 cm³/mol. The smallest absolute Gasteiger partial charge is 0.330 e. The second-order valence-electron chi connectivity index (χ2n) is 3.61. The van der Waals surface area contributed by atoms with Crippen molar-refractivity contribution in [1.82, 2.24) is 5.32 Å². The third kappa shape index (κ3) is 3.75. The maximum absolute atomic E-state index is 11.4. The summed E-state index contributed by atoms with van der Waals surface area (Å²) in [4.78, 5) is 22.5. The summed E-state index contributed by atoms with van der Waals surface area (Å²) >= 11 is 5.91. The maximum Gasteiger partial charge on any atom is 0.330 e. The number of amides is 1. The van der Waals surface area contributed by atoms with Gasteiger partial charge in [-0.2, -0.15) is 0 Å². The highest BCUT2D eigenvalue weighted by Crippen LogP contribution is 2.22. The Kier molecular flexibility index (Phi) is 4.97. The largest absolute Gasteiger partial charge is 0.479 e. The number of hydrogen-bond acceptors (Lipinski definition) is 2. The van der Waals surface area contributed by atoms with Crippen LogP contribution in [0.2, 0.25) is 5.02 Å². The van der Waals surface area contributed by atoms with Crippen molar-refractivity contribution in [2.24, 2.45) is 0 Å². The second-order valence-corrected chi connectivity index (χ2v) is 4.02. The molecule has 1 unspecified atom stereocenters. The van der Waals surface area contributed by atoms with Gasteiger partial charge in [-0.15, -0.1) is 0 Å². The van der Waals surface area contributed by atoms with Crippen molar-refractivity contribution in [2.45, 2.75) is 25.8 Å². The third-order valence-corrected chi connectivity index (χ3v) is 2.59. The number of hydrogen-bond donors (Lipinski definition) is 2. The Bertz CT molecular complexity index is 420. The number of aliphatic carboxylic acids is 1. The summed E-state index contributed by atoms with van der Waals surface area (Å²) in [6, 6.07) is 5.48. The highest BCUT2D eigenvalue weighted by molar-refractivity contribution is 6.31. The van der Waals surface area contributed by atoms with Crippen molar-refractivity contribution >= 4 is 23.5 Å². The predicted octanol–water partition coefficient (Wildman–Crippen LogP) is 2.38. The fourth-order valence-electron chi connectivity index (χ4n) is 1.44. The number of nitrogens with one attached hydrogen (secondary N) is 1. The van der Waals surface area contributed by atoms with Gasteiger partial charge in [-0.25, -0.2) is 4.79 Å². The van der Waals surface area contributed by atoms with Gasteiger partial charge in [0.25, 0.3) is 0 Å². The molecular weight excluding hydrogens is 242 g/mol. The van der Waals surface area contributed by atoms with Gasteiger partial charge in [0.05, 0.1) is 0 Å². The molecule has 0 heterocycles. The number of carboxylic acid groups (broad SMARTS) is 1. The molecule has 1 atom stereocenters. The number of carbonyl (C=O) groups excluding carboxylic acids is 1. The molecule has 1 aromatic rings. The van der Waals surface area contributed by atoms with E-state index in [1.807, 2.05) is 6.92 Å². The lowest BCUT2D eigenvalue weighted by molar-refractivity contribution is -0.142. The van der Waals surface area contributed by atoms with Crippen LogP contribution in [0.1, 0.15) is 31.4 Å². The van der Waals surface area contributed by atoms with Crippen LogP contribution in [0.4, 0.5) is 0 Å². The van der Waals surface area contributed by atoms with Gasteiger partial charge in [0.1, 0.15) is 0 Å². The van der Waals surface area contributed by atoms with Gasteiger partial charge < -0.3 is 10.4 Å². The quantitative estimate of drug-likeness (QED) is 0.849. The molecule has 0 aliphatic carbocycles. The molecule has 2 N–H and O–H groups in total. The molecule has 1 aromatic carbocycles. The maximum atomic E-state index is 11.4. The van der Waals surface area contributed by atoms with Crippen molar-refractivity contribution in [3.05, 3.63) is 34.9 Å². The van der Waals surface area contributed by atoms with Crippen molar-refractivity contribution in [3.8, 4) is 0 Å². The minimum absolute atomic E-state index is 0.292. The highest BCUT2D eigenvalue weighted by atomic mass is 35.5. The Hall–Kier alpha value is -1.55. The molecule has 0 aliphatic rings. The van der Waals surface area contributed by atoms with Gasteiger partial charge in [-0.1, -0.05) is 36.7 Å². The van der Waals surface area contributed by atoms with E-state index in [0.29, 0.717) is 23.4 Å². The van der Waals surface area contributed by atoms with E-state index >= 15 is 0 Å². The van der Waals surface area contributed by atoms with Gasteiger partial charge in [-0.05, 0) is 12.5 Å². The number of carboxylic acids is 1. The monoisotopic (exact) mass is 255 g/mol. The third-order valence-electron chi connectivity index (χ3n) is 2.25. The van der Waals surface area contributed by atoms with E-state index < -0.39 is 12.0 Å². The zero-order valence-corrected chi connectivity index (χ0v) is 10.2. The van der Waals surface area contributed by atoms with E-state index in [9.17, 15) is 9.59 Å². The SMILES string of the molecule is CCCC(=O)NC(C(=O)O)c1ccccc1Cl. The summed E-state index contributed by atoms with van der Waals surface area (Å²) in [5, 5.41) is 11.9. The van der Waals surface area contributed by atoms with Gasteiger partial charge in [-0.3, -0.25) is 4.79 Å². The minimum atomic E-state index is -1.12. The number of rotatable bonds is 5. The lowest BCUT2D eigenvalue weighted by Gasteiger charge is -2.15. The van der Waals surface area contributed by atoms with Crippen LogP contribution in [-0.4, -0.2) is 17.0 Å². The molecule has 1 rings (SSSR count). The van der Waals surface area contributed by atoms with Crippen LogP contribution in [0.25, 0.3) is 0 Å². The highest BCUT2D eigenvalue weighted by Gasteiger charge is 2.23. The van der Waals surface area contributed by atoms with Crippen LogP contribution in [0.15, 0.2) is 24.3 Å². The number of halogens is 1. The van der Waals surface area contributed by atoms with Crippen LogP contribution in [0.3, 0.4) is 0 Å². The minimum Gasteiger partial charge on any atom is -0.479 e. The van der Waals surface area contributed by atoms with Crippen LogP contribution in [-0.2, 0) is 9.59 Å².